The van der Waals surface area contributed by atoms with Gasteiger partial charge in [0.25, 0.3) is 11.8 Å². The maximum Gasteiger partial charge on any atom is 0.330 e. The SMILES string of the molecule is C=C([NH3+])[C@H](C#N)C(=O)COC(=O)[C@@H](Cc1ccccc1)N1C(=O)c2ccccc2C1=O. The van der Waals surface area contributed by atoms with Crippen LogP contribution in [-0.2, 0) is 20.7 Å². The van der Waals surface area contributed by atoms with Crippen molar-refractivity contribution in [3.63, 3.8) is 0 Å². The number of carbonyl (C=O) groups is 4. The first-order chi connectivity index (χ1) is 14.8. The van der Waals surface area contributed by atoms with Crippen LogP contribution in [0.4, 0.5) is 0 Å². The lowest BCUT2D eigenvalue weighted by Gasteiger charge is -2.24. The Morgan fingerprint density at radius 1 is 1.03 bits per heavy atom. The molecule has 0 unspecified atom stereocenters. The molecule has 2 aromatic rings. The van der Waals surface area contributed by atoms with Crippen molar-refractivity contribution in [2.24, 2.45) is 5.92 Å². The van der Waals surface area contributed by atoms with Crippen molar-refractivity contribution in [2.75, 3.05) is 6.61 Å². The van der Waals surface area contributed by atoms with Crippen LogP contribution in [0.25, 0.3) is 0 Å². The Balaban J connectivity index is 1.86. The van der Waals surface area contributed by atoms with Gasteiger partial charge in [-0.3, -0.25) is 19.3 Å². The maximum atomic E-state index is 12.9. The van der Waals surface area contributed by atoms with Crippen molar-refractivity contribution in [1.82, 2.24) is 4.90 Å². The highest BCUT2D eigenvalue weighted by Gasteiger charge is 2.43. The number of carbonyl (C=O) groups excluding carboxylic acids is 4. The molecule has 8 heteroatoms. The van der Waals surface area contributed by atoms with Crippen LogP contribution in [0.2, 0.25) is 0 Å². The lowest BCUT2D eigenvalue weighted by molar-refractivity contribution is -0.309. The van der Waals surface area contributed by atoms with Gasteiger partial charge in [0, 0.05) is 6.42 Å². The molecule has 2 atom stereocenters. The van der Waals surface area contributed by atoms with Crippen molar-refractivity contribution < 1.29 is 29.6 Å². The average molecular weight is 418 g/mol. The fourth-order valence-electron chi connectivity index (χ4n) is 3.32. The Kier molecular flexibility index (Phi) is 6.38. The van der Waals surface area contributed by atoms with E-state index >= 15 is 0 Å². The number of nitrogens with zero attached hydrogens (tertiary/aromatic N) is 2. The van der Waals surface area contributed by atoms with Crippen molar-refractivity contribution in [3.05, 3.63) is 83.6 Å². The van der Waals surface area contributed by atoms with E-state index in [9.17, 15) is 19.2 Å². The van der Waals surface area contributed by atoms with Gasteiger partial charge in [0.15, 0.2) is 18.3 Å². The first-order valence-corrected chi connectivity index (χ1v) is 9.45. The number of imide groups is 1. The first kappa shape index (κ1) is 21.6. The third kappa shape index (κ3) is 4.42. The van der Waals surface area contributed by atoms with Crippen LogP contribution in [0.15, 0.2) is 66.9 Å². The molecule has 3 rings (SSSR count). The molecule has 31 heavy (non-hydrogen) atoms. The molecule has 2 amide bonds. The number of hydrogen-bond donors (Lipinski definition) is 1. The van der Waals surface area contributed by atoms with Gasteiger partial charge in [-0.1, -0.05) is 42.5 Å². The molecular weight excluding hydrogens is 398 g/mol. The molecule has 1 aliphatic heterocycles. The molecule has 0 bridgehead atoms. The summed E-state index contributed by atoms with van der Waals surface area (Å²) in [4.78, 5) is 51.8. The van der Waals surface area contributed by atoms with Crippen LogP contribution >= 0.6 is 0 Å². The number of esters is 1. The van der Waals surface area contributed by atoms with Crippen molar-refractivity contribution in [1.29, 1.82) is 5.26 Å². The van der Waals surface area contributed by atoms with E-state index in [0.29, 0.717) is 5.56 Å². The van der Waals surface area contributed by atoms with Crippen LogP contribution in [0.5, 0.6) is 0 Å². The zero-order valence-electron chi connectivity index (χ0n) is 16.6. The molecule has 1 heterocycles. The summed E-state index contributed by atoms with van der Waals surface area (Å²) in [6, 6.07) is 15.6. The summed E-state index contributed by atoms with van der Waals surface area (Å²) in [6.07, 6.45) is 0.0169. The summed E-state index contributed by atoms with van der Waals surface area (Å²) in [6.45, 7) is 2.78. The molecule has 0 aromatic heterocycles. The van der Waals surface area contributed by atoms with Crippen molar-refractivity contribution in [2.45, 2.75) is 12.5 Å². The molecule has 0 saturated carbocycles. The summed E-state index contributed by atoms with van der Waals surface area (Å²) in [5.41, 5.74) is 4.67. The molecular formula is C23H20N3O5+. The number of ether oxygens (including phenoxy) is 1. The highest BCUT2D eigenvalue weighted by molar-refractivity contribution is 6.22. The summed E-state index contributed by atoms with van der Waals surface area (Å²) in [5, 5.41) is 9.07. The highest BCUT2D eigenvalue weighted by atomic mass is 16.5. The van der Waals surface area contributed by atoms with E-state index in [1.807, 2.05) is 0 Å². The summed E-state index contributed by atoms with van der Waals surface area (Å²) in [7, 11) is 0. The summed E-state index contributed by atoms with van der Waals surface area (Å²) in [5.74, 6) is -4.02. The Morgan fingerprint density at radius 2 is 1.58 bits per heavy atom. The quantitative estimate of drug-likeness (QED) is 0.500. The van der Waals surface area contributed by atoms with Gasteiger partial charge in [-0.2, -0.15) is 5.26 Å². The summed E-state index contributed by atoms with van der Waals surface area (Å²) < 4.78 is 5.12. The molecule has 156 valence electrons. The van der Waals surface area contributed by atoms with Gasteiger partial charge in [-0.25, -0.2) is 4.79 Å². The Labute approximate surface area is 178 Å². The van der Waals surface area contributed by atoms with Gasteiger partial charge in [0.05, 0.1) is 17.2 Å². The third-order valence-electron chi connectivity index (χ3n) is 4.90. The minimum Gasteiger partial charge on any atom is -0.456 e. The third-order valence-corrected chi connectivity index (χ3v) is 4.90. The Morgan fingerprint density at radius 3 is 2.10 bits per heavy atom. The number of nitriles is 1. The monoisotopic (exact) mass is 418 g/mol. The van der Waals surface area contributed by atoms with Crippen LogP contribution in [-0.4, -0.2) is 41.1 Å². The minimum atomic E-state index is -1.27. The van der Waals surface area contributed by atoms with Crippen molar-refractivity contribution in [3.8, 4) is 6.07 Å². The van der Waals surface area contributed by atoms with E-state index in [1.165, 1.54) is 12.1 Å². The van der Waals surface area contributed by atoms with Gasteiger partial charge < -0.3 is 10.5 Å². The molecule has 0 radical (unpaired) electrons. The number of amides is 2. The molecule has 0 fully saturated rings. The second-order valence-electron chi connectivity index (χ2n) is 7.03. The molecule has 8 nitrogen and oxygen atoms in total. The number of Topliss-reactive ketones (excluding diaryl/α,β-unsaturated/α-hetero) is 1. The fraction of sp³-hybridized carbons (Fsp3) is 0.174. The van der Waals surface area contributed by atoms with Gasteiger partial charge >= 0.3 is 5.97 Å². The van der Waals surface area contributed by atoms with E-state index in [2.05, 4.69) is 12.3 Å². The van der Waals surface area contributed by atoms with Crippen LogP contribution < -0.4 is 5.73 Å². The number of fused-ring (bicyclic) bond motifs is 1. The predicted molar refractivity (Wildman–Crippen MR) is 108 cm³/mol. The van der Waals surface area contributed by atoms with Gasteiger partial charge in [-0.15, -0.1) is 0 Å². The zero-order valence-corrected chi connectivity index (χ0v) is 16.6. The smallest absolute Gasteiger partial charge is 0.330 e. The molecule has 0 saturated heterocycles. The molecule has 1 aliphatic rings. The largest absolute Gasteiger partial charge is 0.456 e. The Bertz CT molecular complexity index is 1070. The number of allylic oxidation sites excluding steroid dienone is 1. The first-order valence-electron chi connectivity index (χ1n) is 9.45. The van der Waals surface area contributed by atoms with E-state index in [0.717, 1.165) is 4.90 Å². The number of hydrogen-bond acceptors (Lipinski definition) is 6. The maximum absolute atomic E-state index is 12.9. The number of ketones is 1. The highest BCUT2D eigenvalue weighted by Crippen LogP contribution is 2.26. The number of rotatable bonds is 8. The van der Waals surface area contributed by atoms with Crippen LogP contribution in [0.3, 0.4) is 0 Å². The fourth-order valence-corrected chi connectivity index (χ4v) is 3.32. The zero-order chi connectivity index (χ0) is 22.5. The molecule has 2 aromatic carbocycles. The standard InChI is InChI=1S/C23H19N3O5/c1-14(25)18(12-24)20(27)13-31-23(30)19(11-15-7-3-2-4-8-15)26-21(28)16-9-5-6-10-17(16)22(26)29/h2-10,18-19H,1,11,13,25H2/p+1/t18-,19+/m0/s1. The minimum absolute atomic E-state index is 0.0169. The topological polar surface area (TPSA) is 132 Å². The normalized spacial score (nSPS) is 14.4. The number of quaternary nitrogens is 1. The second kappa shape index (κ2) is 9.15. The Hall–Kier alpha value is -4.09. The molecule has 3 N–H and O–H groups in total. The predicted octanol–water partition coefficient (Wildman–Crippen LogP) is 0.902. The average Bonchev–Trinajstić information content (AvgIpc) is 3.02. The van der Waals surface area contributed by atoms with E-state index in [-0.39, 0.29) is 23.2 Å². The second-order valence-corrected chi connectivity index (χ2v) is 7.03. The van der Waals surface area contributed by atoms with E-state index in [4.69, 9.17) is 10.00 Å². The van der Waals surface area contributed by atoms with E-state index in [1.54, 1.807) is 48.5 Å². The van der Waals surface area contributed by atoms with Crippen molar-refractivity contribution >= 4 is 23.6 Å². The van der Waals surface area contributed by atoms with Gasteiger partial charge in [0.2, 0.25) is 0 Å². The molecule has 0 spiro atoms. The lowest BCUT2D eigenvalue weighted by atomic mass is 10.0. The van der Waals surface area contributed by atoms with Gasteiger partial charge in [-0.05, 0) is 24.3 Å². The number of benzene rings is 2. The van der Waals surface area contributed by atoms with Gasteiger partial charge in [0.1, 0.15) is 11.7 Å². The van der Waals surface area contributed by atoms with Crippen LogP contribution in [0, 0.1) is 17.2 Å². The summed E-state index contributed by atoms with van der Waals surface area (Å²) >= 11 is 0. The van der Waals surface area contributed by atoms with Crippen LogP contribution in [0.1, 0.15) is 26.3 Å². The molecule has 0 aliphatic carbocycles. The van der Waals surface area contributed by atoms with E-state index < -0.39 is 42.1 Å². The lowest BCUT2D eigenvalue weighted by Crippen LogP contribution is -2.52.